The van der Waals surface area contributed by atoms with Gasteiger partial charge in [-0.1, -0.05) is 86.1 Å². The summed E-state index contributed by atoms with van der Waals surface area (Å²) >= 11 is 0. The number of nitrogens with zero attached hydrogens (tertiary/aromatic N) is 2. The van der Waals surface area contributed by atoms with Crippen LogP contribution in [0.4, 0.5) is 10.1 Å². The van der Waals surface area contributed by atoms with Crippen molar-refractivity contribution >= 4 is 27.5 Å². The van der Waals surface area contributed by atoms with E-state index in [1.54, 1.807) is 48.5 Å². The lowest BCUT2D eigenvalue weighted by atomic mass is 10.0. The van der Waals surface area contributed by atoms with Crippen LogP contribution >= 0.6 is 0 Å². The number of para-hydroxylation sites is 2. The summed E-state index contributed by atoms with van der Waals surface area (Å²) in [5.41, 5.74) is 2.44. The number of aryl methyl sites for hydroxylation is 1. The van der Waals surface area contributed by atoms with Crippen LogP contribution in [0.1, 0.15) is 30.5 Å². The van der Waals surface area contributed by atoms with E-state index < -0.39 is 34.3 Å². The molecule has 0 radical (unpaired) electrons. The molecular formula is C36H40FN3O5S. The second-order valence-corrected chi connectivity index (χ2v) is 13.4. The predicted molar refractivity (Wildman–Crippen MR) is 177 cm³/mol. The molecule has 2 amide bonds. The van der Waals surface area contributed by atoms with Crippen LogP contribution in [-0.2, 0) is 32.6 Å². The van der Waals surface area contributed by atoms with Crippen molar-refractivity contribution in [2.75, 3.05) is 24.5 Å². The molecule has 0 saturated heterocycles. The van der Waals surface area contributed by atoms with E-state index in [4.69, 9.17) is 4.74 Å². The Morgan fingerprint density at radius 2 is 1.48 bits per heavy atom. The van der Waals surface area contributed by atoms with E-state index in [1.165, 1.54) is 36.3 Å². The van der Waals surface area contributed by atoms with E-state index in [0.717, 1.165) is 15.4 Å². The molecule has 4 aromatic rings. The highest BCUT2D eigenvalue weighted by Gasteiger charge is 2.35. The van der Waals surface area contributed by atoms with Crippen LogP contribution in [0.2, 0.25) is 0 Å². The van der Waals surface area contributed by atoms with E-state index >= 15 is 0 Å². The number of ether oxygens (including phenoxy) is 1. The molecule has 0 aromatic heterocycles. The summed E-state index contributed by atoms with van der Waals surface area (Å²) in [5.74, 6) is -1.02. The Kier molecular flexibility index (Phi) is 11.5. The van der Waals surface area contributed by atoms with Gasteiger partial charge in [-0.25, -0.2) is 12.8 Å². The molecule has 4 aromatic carbocycles. The Hall–Kier alpha value is -4.70. The number of carbonyl (C=O) groups is 2. The number of amides is 2. The van der Waals surface area contributed by atoms with E-state index in [1.807, 2.05) is 51.1 Å². The Bertz CT molecular complexity index is 1710. The number of anilines is 1. The first-order chi connectivity index (χ1) is 22.0. The Labute approximate surface area is 270 Å². The SMILES string of the molecule is COc1ccccc1N(CC(=O)N(Cc1ccc(F)cc1)C(Cc1ccccc1)C(=O)NCC(C)C)S(=O)(=O)c1ccc(C)cc1. The van der Waals surface area contributed by atoms with Crippen LogP contribution < -0.4 is 14.4 Å². The van der Waals surface area contributed by atoms with Crippen LogP contribution in [0.3, 0.4) is 0 Å². The predicted octanol–water partition coefficient (Wildman–Crippen LogP) is 5.75. The van der Waals surface area contributed by atoms with E-state index in [0.29, 0.717) is 12.1 Å². The second kappa shape index (κ2) is 15.5. The molecule has 0 spiro atoms. The third-order valence-electron chi connectivity index (χ3n) is 7.46. The standard InChI is InChI=1S/C36H40FN3O5S/c1-26(2)23-38-36(42)33(22-28-10-6-5-7-11-28)39(24-29-16-18-30(37)19-17-29)35(41)25-40(32-12-8-9-13-34(32)45-4)46(43,44)31-20-14-27(3)15-21-31/h5-21,26,33H,22-25H2,1-4H3,(H,38,42). The van der Waals surface area contributed by atoms with Crippen LogP contribution in [0.25, 0.3) is 0 Å². The van der Waals surface area contributed by atoms with E-state index in [9.17, 15) is 22.4 Å². The normalized spacial score (nSPS) is 12.0. The topological polar surface area (TPSA) is 96.0 Å². The number of carbonyl (C=O) groups excluding carboxylic acids is 2. The van der Waals surface area contributed by atoms with Crippen molar-refractivity contribution in [3.8, 4) is 5.75 Å². The highest BCUT2D eigenvalue weighted by molar-refractivity contribution is 7.92. The van der Waals surface area contributed by atoms with Crippen LogP contribution in [-0.4, -0.2) is 51.4 Å². The van der Waals surface area contributed by atoms with Gasteiger partial charge in [0.2, 0.25) is 11.8 Å². The molecule has 46 heavy (non-hydrogen) atoms. The minimum absolute atomic E-state index is 0.00240. The fraction of sp³-hybridized carbons (Fsp3) is 0.278. The number of nitrogens with one attached hydrogen (secondary N) is 1. The summed E-state index contributed by atoms with van der Waals surface area (Å²) in [6, 6.07) is 26.9. The number of hydrogen-bond acceptors (Lipinski definition) is 5. The highest BCUT2D eigenvalue weighted by Crippen LogP contribution is 2.32. The molecule has 0 aliphatic carbocycles. The molecule has 10 heteroatoms. The summed E-state index contributed by atoms with van der Waals surface area (Å²) in [4.78, 5) is 29.7. The molecule has 4 rings (SSSR count). The van der Waals surface area contributed by atoms with Crippen LogP contribution in [0, 0.1) is 18.7 Å². The number of sulfonamides is 1. The van der Waals surface area contributed by atoms with Gasteiger partial charge in [-0.3, -0.25) is 13.9 Å². The Morgan fingerprint density at radius 3 is 2.11 bits per heavy atom. The lowest BCUT2D eigenvalue weighted by Crippen LogP contribution is -2.53. The number of benzene rings is 4. The van der Waals surface area contributed by atoms with Gasteiger partial charge in [-0.05, 0) is 60.4 Å². The van der Waals surface area contributed by atoms with Gasteiger partial charge in [-0.2, -0.15) is 0 Å². The highest BCUT2D eigenvalue weighted by atomic mass is 32.2. The van der Waals surface area contributed by atoms with Gasteiger partial charge in [0.05, 0.1) is 17.7 Å². The van der Waals surface area contributed by atoms with Gasteiger partial charge in [0.15, 0.2) is 0 Å². The summed E-state index contributed by atoms with van der Waals surface area (Å²) in [5, 5.41) is 2.95. The molecule has 0 fully saturated rings. The molecule has 242 valence electrons. The summed E-state index contributed by atoms with van der Waals surface area (Å²) in [7, 11) is -2.86. The van der Waals surface area contributed by atoms with Crippen molar-refractivity contribution in [2.45, 2.75) is 44.7 Å². The van der Waals surface area contributed by atoms with Crippen molar-refractivity contribution in [1.82, 2.24) is 10.2 Å². The molecule has 1 N–H and O–H groups in total. The lowest BCUT2D eigenvalue weighted by Gasteiger charge is -2.34. The zero-order valence-electron chi connectivity index (χ0n) is 26.5. The second-order valence-electron chi connectivity index (χ2n) is 11.5. The zero-order valence-corrected chi connectivity index (χ0v) is 27.3. The van der Waals surface area contributed by atoms with Gasteiger partial charge in [0.1, 0.15) is 24.2 Å². The maximum Gasteiger partial charge on any atom is 0.264 e. The molecular weight excluding hydrogens is 605 g/mol. The molecule has 0 aliphatic heterocycles. The first-order valence-corrected chi connectivity index (χ1v) is 16.5. The van der Waals surface area contributed by atoms with Gasteiger partial charge in [-0.15, -0.1) is 0 Å². The number of halogens is 1. The largest absolute Gasteiger partial charge is 0.495 e. The molecule has 1 unspecified atom stereocenters. The fourth-order valence-corrected chi connectivity index (χ4v) is 6.37. The number of rotatable bonds is 14. The van der Waals surface area contributed by atoms with Crippen molar-refractivity contribution < 1.29 is 27.1 Å². The minimum Gasteiger partial charge on any atom is -0.495 e. The van der Waals surface area contributed by atoms with E-state index in [-0.39, 0.29) is 41.1 Å². The van der Waals surface area contributed by atoms with Gasteiger partial charge in [0.25, 0.3) is 10.0 Å². The average molecular weight is 646 g/mol. The van der Waals surface area contributed by atoms with Crippen molar-refractivity contribution in [2.24, 2.45) is 5.92 Å². The third kappa shape index (κ3) is 8.72. The van der Waals surface area contributed by atoms with Crippen molar-refractivity contribution in [1.29, 1.82) is 0 Å². The number of methoxy groups -OCH3 is 1. The van der Waals surface area contributed by atoms with Crippen LogP contribution in [0.5, 0.6) is 5.75 Å². The summed E-state index contributed by atoms with van der Waals surface area (Å²) in [6.45, 7) is 5.49. The van der Waals surface area contributed by atoms with Crippen molar-refractivity contribution in [3.63, 3.8) is 0 Å². The van der Waals surface area contributed by atoms with Crippen LogP contribution in [0.15, 0.2) is 108 Å². The maximum absolute atomic E-state index is 14.5. The quantitative estimate of drug-likeness (QED) is 0.189. The van der Waals surface area contributed by atoms with E-state index in [2.05, 4.69) is 5.32 Å². The molecule has 0 aliphatic rings. The van der Waals surface area contributed by atoms with Gasteiger partial charge in [0, 0.05) is 19.5 Å². The number of hydrogen-bond donors (Lipinski definition) is 1. The minimum atomic E-state index is -4.28. The fourth-order valence-electron chi connectivity index (χ4n) is 4.95. The van der Waals surface area contributed by atoms with Crippen molar-refractivity contribution in [3.05, 3.63) is 126 Å². The van der Waals surface area contributed by atoms with Gasteiger partial charge >= 0.3 is 0 Å². The lowest BCUT2D eigenvalue weighted by molar-refractivity contribution is -0.140. The summed E-state index contributed by atoms with van der Waals surface area (Å²) < 4.78 is 48.8. The molecule has 0 saturated carbocycles. The zero-order chi connectivity index (χ0) is 33.3. The first-order valence-electron chi connectivity index (χ1n) is 15.1. The molecule has 8 nitrogen and oxygen atoms in total. The third-order valence-corrected chi connectivity index (χ3v) is 9.24. The molecule has 0 heterocycles. The summed E-state index contributed by atoms with van der Waals surface area (Å²) in [6.07, 6.45) is 0.178. The van der Waals surface area contributed by atoms with Gasteiger partial charge < -0.3 is 15.0 Å². The molecule has 0 bridgehead atoms. The Balaban J connectivity index is 1.82. The monoisotopic (exact) mass is 645 g/mol. The smallest absolute Gasteiger partial charge is 0.264 e. The first kappa shape index (κ1) is 34.2. The molecule has 1 atom stereocenters. The Morgan fingerprint density at radius 1 is 0.848 bits per heavy atom. The maximum atomic E-state index is 14.5. The average Bonchev–Trinajstić information content (AvgIpc) is 3.05.